The van der Waals surface area contributed by atoms with Gasteiger partial charge in [0.15, 0.2) is 0 Å². The van der Waals surface area contributed by atoms with Gasteiger partial charge in [-0.3, -0.25) is 4.79 Å². The van der Waals surface area contributed by atoms with E-state index in [1.807, 2.05) is 0 Å². The molecular formula is C20H12F5NO4S. The van der Waals surface area contributed by atoms with Gasteiger partial charge < -0.3 is 19.9 Å². The number of anilines is 1. The van der Waals surface area contributed by atoms with Crippen molar-refractivity contribution in [3.63, 3.8) is 0 Å². The molecule has 4 rings (SSSR count). The lowest BCUT2D eigenvalue weighted by molar-refractivity contribution is -0.274. The van der Waals surface area contributed by atoms with Gasteiger partial charge in [-0.1, -0.05) is 12.1 Å². The number of thiophene rings is 1. The molecule has 1 atom stereocenters. The van der Waals surface area contributed by atoms with E-state index in [0.29, 0.717) is 0 Å². The second kappa shape index (κ2) is 7.59. The van der Waals surface area contributed by atoms with Crippen molar-refractivity contribution < 1.29 is 41.3 Å². The summed E-state index contributed by atoms with van der Waals surface area (Å²) in [5, 5.41) is 13.7. The van der Waals surface area contributed by atoms with Gasteiger partial charge in [-0.25, -0.2) is 8.78 Å². The highest BCUT2D eigenvalue weighted by atomic mass is 32.1. The van der Waals surface area contributed by atoms with Gasteiger partial charge in [-0.2, -0.15) is 0 Å². The molecule has 3 aromatic rings. The zero-order valence-corrected chi connectivity index (χ0v) is 16.1. The van der Waals surface area contributed by atoms with E-state index in [4.69, 9.17) is 4.74 Å². The molecule has 0 aliphatic carbocycles. The Labute approximate surface area is 175 Å². The molecule has 1 fully saturated rings. The summed E-state index contributed by atoms with van der Waals surface area (Å²) >= 11 is 1.06. The molecule has 1 aliphatic rings. The van der Waals surface area contributed by atoms with Crippen LogP contribution in [0.15, 0.2) is 47.8 Å². The molecule has 1 unspecified atom stereocenters. The Hall–Kier alpha value is -3.02. The lowest BCUT2D eigenvalue weighted by Crippen LogP contribution is -2.18. The maximum Gasteiger partial charge on any atom is 0.573 e. The van der Waals surface area contributed by atoms with Gasteiger partial charge in [0.05, 0.1) is 10.4 Å². The van der Waals surface area contributed by atoms with Gasteiger partial charge in [0, 0.05) is 0 Å². The van der Waals surface area contributed by atoms with Crippen molar-refractivity contribution in [2.75, 3.05) is 11.9 Å². The van der Waals surface area contributed by atoms with Gasteiger partial charge in [0.2, 0.25) is 5.79 Å². The maximum absolute atomic E-state index is 14.6. The van der Waals surface area contributed by atoms with Crippen molar-refractivity contribution in [2.24, 2.45) is 0 Å². The van der Waals surface area contributed by atoms with E-state index in [9.17, 15) is 31.9 Å². The first kappa shape index (κ1) is 21.2. The minimum absolute atomic E-state index is 0.00231. The predicted molar refractivity (Wildman–Crippen MR) is 101 cm³/mol. The van der Waals surface area contributed by atoms with Crippen LogP contribution in [0.3, 0.4) is 0 Å². The summed E-state index contributed by atoms with van der Waals surface area (Å²) in [5.41, 5.74) is -0.717. The van der Waals surface area contributed by atoms with Crippen LogP contribution in [0.1, 0.15) is 15.2 Å². The third kappa shape index (κ3) is 4.53. The molecule has 1 amide bonds. The Morgan fingerprint density at radius 3 is 2.42 bits per heavy atom. The number of benzene rings is 2. The Morgan fingerprint density at radius 1 is 1.13 bits per heavy atom. The van der Waals surface area contributed by atoms with Crippen molar-refractivity contribution in [3.8, 4) is 16.9 Å². The number of carbonyl (C=O) groups is 1. The Kier molecular flexibility index (Phi) is 5.20. The summed E-state index contributed by atoms with van der Waals surface area (Å²) in [6.07, 6.45) is -4.91. The van der Waals surface area contributed by atoms with E-state index < -0.39 is 41.1 Å². The van der Waals surface area contributed by atoms with Gasteiger partial charge in [-0.05, 0) is 46.8 Å². The molecule has 1 aromatic heterocycles. The molecular weight excluding hydrogens is 445 g/mol. The molecule has 162 valence electrons. The molecule has 1 saturated heterocycles. The number of halogens is 5. The topological polar surface area (TPSA) is 71.1 Å². The molecule has 1 aliphatic heterocycles. The van der Waals surface area contributed by atoms with E-state index >= 15 is 0 Å². The fourth-order valence-electron chi connectivity index (χ4n) is 2.90. The number of epoxide rings is 1. The first-order valence-corrected chi connectivity index (χ1v) is 9.54. The van der Waals surface area contributed by atoms with Crippen LogP contribution >= 0.6 is 11.3 Å². The highest BCUT2D eigenvalue weighted by Crippen LogP contribution is 2.41. The van der Waals surface area contributed by atoms with Gasteiger partial charge in [0.1, 0.15) is 29.7 Å². The van der Waals surface area contributed by atoms with Gasteiger partial charge >= 0.3 is 6.36 Å². The minimum Gasteiger partial charge on any atom is -0.406 e. The summed E-state index contributed by atoms with van der Waals surface area (Å²) in [5.74, 6) is -5.25. The van der Waals surface area contributed by atoms with E-state index in [2.05, 4.69) is 10.1 Å². The second-order valence-electron chi connectivity index (χ2n) is 6.58. The monoisotopic (exact) mass is 457 g/mol. The van der Waals surface area contributed by atoms with E-state index in [1.165, 1.54) is 23.6 Å². The largest absolute Gasteiger partial charge is 0.573 e. The first-order valence-electron chi connectivity index (χ1n) is 8.67. The minimum atomic E-state index is -4.91. The molecule has 0 radical (unpaired) electrons. The molecule has 0 spiro atoms. The maximum atomic E-state index is 14.6. The number of hydrogen-bond acceptors (Lipinski definition) is 5. The fourth-order valence-corrected chi connectivity index (χ4v) is 3.83. The van der Waals surface area contributed by atoms with Crippen LogP contribution in [-0.2, 0) is 10.5 Å². The van der Waals surface area contributed by atoms with E-state index in [0.717, 1.165) is 35.6 Å². The van der Waals surface area contributed by atoms with Crippen molar-refractivity contribution >= 4 is 22.9 Å². The van der Waals surface area contributed by atoms with Crippen molar-refractivity contribution in [2.45, 2.75) is 12.1 Å². The molecule has 31 heavy (non-hydrogen) atoms. The number of alkyl halides is 3. The number of ether oxygens (including phenoxy) is 2. The highest BCUT2D eigenvalue weighted by Gasteiger charge is 2.48. The lowest BCUT2D eigenvalue weighted by atomic mass is 10.0. The van der Waals surface area contributed by atoms with Crippen LogP contribution in [-0.4, -0.2) is 24.0 Å². The van der Waals surface area contributed by atoms with Crippen LogP contribution in [0.5, 0.6) is 5.75 Å². The molecule has 5 nitrogen and oxygen atoms in total. The quantitative estimate of drug-likeness (QED) is 0.417. The molecule has 0 bridgehead atoms. The number of carbonyl (C=O) groups excluding carboxylic acids is 1. The number of nitrogens with one attached hydrogen (secondary N) is 1. The van der Waals surface area contributed by atoms with Crippen LogP contribution in [0.4, 0.5) is 27.6 Å². The molecule has 2 N–H and O–H groups in total. The van der Waals surface area contributed by atoms with Gasteiger partial charge in [0.25, 0.3) is 5.91 Å². The lowest BCUT2D eigenvalue weighted by Gasteiger charge is -2.12. The third-order valence-corrected chi connectivity index (χ3v) is 5.41. The highest BCUT2D eigenvalue weighted by molar-refractivity contribution is 7.10. The summed E-state index contributed by atoms with van der Waals surface area (Å²) < 4.78 is 75.0. The first-order chi connectivity index (χ1) is 14.6. The van der Waals surface area contributed by atoms with Gasteiger partial charge in [-0.15, -0.1) is 24.5 Å². The SMILES string of the molecule is O=C(Nc1c(F)cc(-c2cccc(OC(F)(F)F)c2)cc1F)c1ccsc1C1(O)CO1. The fraction of sp³-hybridized carbons (Fsp3) is 0.150. The van der Waals surface area contributed by atoms with Crippen LogP contribution in [0, 0.1) is 11.6 Å². The normalized spacial score (nSPS) is 18.0. The smallest absolute Gasteiger partial charge is 0.406 e. The number of rotatable bonds is 5. The zero-order valence-electron chi connectivity index (χ0n) is 15.3. The van der Waals surface area contributed by atoms with Crippen LogP contribution < -0.4 is 10.1 Å². The average molecular weight is 457 g/mol. The van der Waals surface area contributed by atoms with Crippen LogP contribution in [0.2, 0.25) is 0 Å². The number of hydrogen-bond donors (Lipinski definition) is 2. The molecule has 0 saturated carbocycles. The Balaban J connectivity index is 1.59. The summed E-state index contributed by atoms with van der Waals surface area (Å²) in [7, 11) is 0. The summed E-state index contributed by atoms with van der Waals surface area (Å²) in [6, 6.07) is 7.75. The van der Waals surface area contributed by atoms with Crippen LogP contribution in [0.25, 0.3) is 11.1 Å². The van der Waals surface area contributed by atoms with E-state index in [-0.39, 0.29) is 28.2 Å². The molecule has 2 heterocycles. The second-order valence-corrected chi connectivity index (χ2v) is 7.50. The summed E-state index contributed by atoms with van der Waals surface area (Å²) in [4.78, 5) is 12.7. The Morgan fingerprint density at radius 2 is 1.81 bits per heavy atom. The van der Waals surface area contributed by atoms with Crippen molar-refractivity contribution in [1.82, 2.24) is 0 Å². The van der Waals surface area contributed by atoms with E-state index in [1.54, 1.807) is 0 Å². The molecule has 2 aromatic carbocycles. The third-order valence-electron chi connectivity index (χ3n) is 4.36. The van der Waals surface area contributed by atoms with Crippen molar-refractivity contribution in [1.29, 1.82) is 0 Å². The zero-order chi connectivity index (χ0) is 22.4. The Bertz CT molecular complexity index is 1130. The van der Waals surface area contributed by atoms with Crippen molar-refractivity contribution in [3.05, 3.63) is 69.9 Å². The number of aliphatic hydroxyl groups is 1. The summed E-state index contributed by atoms with van der Waals surface area (Å²) in [6.45, 7) is 0.00231. The molecule has 11 heteroatoms. The number of amides is 1. The standard InChI is InChI=1S/C20H12F5NO4S/c21-14-7-11(10-2-1-3-12(6-10)30-20(23,24)25)8-15(22)16(14)26-18(27)13-4-5-31-17(13)19(28)9-29-19/h1-8,28H,9H2,(H,26,27). The average Bonchev–Trinajstić information content (AvgIpc) is 3.23. The predicted octanol–water partition coefficient (Wildman–Crippen LogP) is 5.02.